The number of nitrogens with zero attached hydrogens (tertiary/aromatic N) is 4. The van der Waals surface area contributed by atoms with Crippen LogP contribution in [0.4, 0.5) is 11.5 Å². The molecule has 0 bridgehead atoms. The summed E-state index contributed by atoms with van der Waals surface area (Å²) in [5.74, 6) is -0.301. The van der Waals surface area contributed by atoms with Gasteiger partial charge >= 0.3 is 5.69 Å². The predicted octanol–water partition coefficient (Wildman–Crippen LogP) is 3.62. The molecule has 0 aliphatic heterocycles. The Labute approximate surface area is 205 Å². The molecule has 0 saturated heterocycles. The van der Waals surface area contributed by atoms with Crippen molar-refractivity contribution in [1.29, 1.82) is 0 Å². The fourth-order valence-electron chi connectivity index (χ4n) is 4.18. The van der Waals surface area contributed by atoms with E-state index in [1.807, 2.05) is 49.7 Å². The number of aromatic nitrogens is 4. The molecule has 0 saturated carbocycles. The number of anilines is 2. The molecule has 0 aliphatic carbocycles. The van der Waals surface area contributed by atoms with Gasteiger partial charge in [-0.05, 0) is 50.5 Å². The number of aryl methyl sites for hydroxylation is 2. The molecule has 0 unspecified atom stereocenters. The largest absolute Gasteiger partial charge is 0.383 e. The number of nitrogen functional groups attached to an aromatic ring is 1. The van der Waals surface area contributed by atoms with E-state index in [4.69, 9.17) is 5.73 Å². The molecule has 0 spiro atoms. The molecular formula is C26H36N6O3. The molecule has 35 heavy (non-hydrogen) atoms. The minimum atomic E-state index is -0.649. The molecule has 1 aromatic carbocycles. The summed E-state index contributed by atoms with van der Waals surface area (Å²) in [6, 6.07) is 9.34. The van der Waals surface area contributed by atoms with E-state index in [2.05, 4.69) is 17.0 Å². The lowest BCUT2D eigenvalue weighted by molar-refractivity contribution is 0.0986. The average Bonchev–Trinajstić information content (AvgIpc) is 3.13. The van der Waals surface area contributed by atoms with Crippen LogP contribution in [0.2, 0.25) is 0 Å². The van der Waals surface area contributed by atoms with Crippen LogP contribution in [0.3, 0.4) is 0 Å². The number of benzene rings is 1. The summed E-state index contributed by atoms with van der Waals surface area (Å²) in [6.07, 6.45) is 4.16. The Morgan fingerprint density at radius 3 is 2.49 bits per heavy atom. The van der Waals surface area contributed by atoms with Crippen molar-refractivity contribution in [3.63, 3.8) is 0 Å². The molecule has 1 amide bonds. The topological polar surface area (TPSA) is 119 Å². The van der Waals surface area contributed by atoms with Crippen molar-refractivity contribution < 1.29 is 4.79 Å². The Hall–Kier alpha value is -3.62. The zero-order valence-corrected chi connectivity index (χ0v) is 21.1. The molecule has 0 aliphatic rings. The van der Waals surface area contributed by atoms with Gasteiger partial charge in [-0.3, -0.25) is 23.8 Å². The second-order valence-electron chi connectivity index (χ2n) is 8.95. The number of hydrogen-bond acceptors (Lipinski definition) is 5. The molecule has 9 nitrogen and oxygen atoms in total. The van der Waals surface area contributed by atoms with E-state index >= 15 is 0 Å². The van der Waals surface area contributed by atoms with E-state index in [9.17, 15) is 14.4 Å². The highest BCUT2D eigenvalue weighted by Gasteiger charge is 2.25. The van der Waals surface area contributed by atoms with Gasteiger partial charge in [-0.25, -0.2) is 4.79 Å². The quantitative estimate of drug-likeness (QED) is 0.406. The molecule has 2 aromatic heterocycles. The van der Waals surface area contributed by atoms with E-state index < -0.39 is 11.2 Å². The van der Waals surface area contributed by atoms with Crippen molar-refractivity contribution in [3.8, 4) is 0 Å². The standard InChI is InChI=1S/C26H36N6O3/c1-5-7-9-14-30(22-23(27)31(13-8-6-2)26(35)28-24(22)33)25(34)21-12-10-11-20(16-21)17-32-19(4)15-18(3)29-32/h10-12,15-16H,5-9,13-14,17,27H2,1-4H3,(H,28,33,35). The highest BCUT2D eigenvalue weighted by Crippen LogP contribution is 2.21. The Morgan fingerprint density at radius 2 is 1.83 bits per heavy atom. The van der Waals surface area contributed by atoms with Gasteiger partial charge < -0.3 is 10.6 Å². The van der Waals surface area contributed by atoms with Gasteiger partial charge in [-0.15, -0.1) is 0 Å². The second-order valence-corrected chi connectivity index (χ2v) is 8.95. The Morgan fingerprint density at radius 1 is 1.09 bits per heavy atom. The first-order valence-electron chi connectivity index (χ1n) is 12.3. The minimum absolute atomic E-state index is 0.0239. The number of rotatable bonds is 11. The number of amides is 1. The van der Waals surface area contributed by atoms with Crippen molar-refractivity contribution in [2.75, 3.05) is 17.2 Å². The number of aromatic amines is 1. The first-order chi connectivity index (χ1) is 16.8. The fraction of sp³-hybridized carbons (Fsp3) is 0.462. The molecule has 188 valence electrons. The third-order valence-electron chi connectivity index (χ3n) is 6.06. The van der Waals surface area contributed by atoms with Crippen molar-refractivity contribution >= 4 is 17.4 Å². The molecular weight excluding hydrogens is 444 g/mol. The average molecular weight is 481 g/mol. The Bertz CT molecular complexity index is 1290. The first kappa shape index (κ1) is 26.0. The number of nitrogens with two attached hydrogens (primary N) is 1. The summed E-state index contributed by atoms with van der Waals surface area (Å²) in [5.41, 5.74) is 8.50. The van der Waals surface area contributed by atoms with Crippen LogP contribution in [-0.2, 0) is 13.1 Å². The maximum atomic E-state index is 13.7. The monoisotopic (exact) mass is 480 g/mol. The summed E-state index contributed by atoms with van der Waals surface area (Å²) < 4.78 is 3.24. The van der Waals surface area contributed by atoms with Crippen LogP contribution in [0.15, 0.2) is 39.9 Å². The normalized spacial score (nSPS) is 11.1. The highest BCUT2D eigenvalue weighted by molar-refractivity contribution is 6.07. The first-order valence-corrected chi connectivity index (χ1v) is 12.3. The number of H-pyrrole nitrogens is 1. The van der Waals surface area contributed by atoms with Gasteiger partial charge in [0.1, 0.15) is 5.82 Å². The van der Waals surface area contributed by atoms with Gasteiger partial charge in [-0.1, -0.05) is 45.2 Å². The third kappa shape index (κ3) is 6.09. The second kappa shape index (κ2) is 11.7. The van der Waals surface area contributed by atoms with Gasteiger partial charge in [0.15, 0.2) is 5.69 Å². The summed E-state index contributed by atoms with van der Waals surface area (Å²) in [6.45, 7) is 9.25. The van der Waals surface area contributed by atoms with Crippen LogP contribution in [0.1, 0.15) is 73.3 Å². The number of hydrogen-bond donors (Lipinski definition) is 2. The summed E-state index contributed by atoms with van der Waals surface area (Å²) in [5, 5.41) is 4.51. The lowest BCUT2D eigenvalue weighted by Crippen LogP contribution is -2.41. The van der Waals surface area contributed by atoms with Crippen LogP contribution < -0.4 is 21.9 Å². The van der Waals surface area contributed by atoms with E-state index in [1.165, 1.54) is 9.47 Å². The molecule has 3 aromatic rings. The zero-order valence-electron chi connectivity index (χ0n) is 21.1. The van der Waals surface area contributed by atoms with Crippen LogP contribution in [0, 0.1) is 13.8 Å². The minimum Gasteiger partial charge on any atom is -0.383 e. The third-order valence-corrected chi connectivity index (χ3v) is 6.06. The molecule has 0 fully saturated rings. The summed E-state index contributed by atoms with van der Waals surface area (Å²) in [4.78, 5) is 42.8. The van der Waals surface area contributed by atoms with Crippen LogP contribution in [0.5, 0.6) is 0 Å². The number of carbonyl (C=O) groups excluding carboxylic acids is 1. The zero-order chi connectivity index (χ0) is 25.5. The maximum absolute atomic E-state index is 13.7. The van der Waals surface area contributed by atoms with Gasteiger partial charge in [0, 0.05) is 24.3 Å². The molecule has 3 rings (SSSR count). The Kier molecular flexibility index (Phi) is 8.68. The van der Waals surface area contributed by atoms with Gasteiger partial charge in [0.05, 0.1) is 12.2 Å². The fourth-order valence-corrected chi connectivity index (χ4v) is 4.18. The number of nitrogens with one attached hydrogen (secondary N) is 1. The van der Waals surface area contributed by atoms with Crippen LogP contribution >= 0.6 is 0 Å². The molecule has 2 heterocycles. The molecule has 0 radical (unpaired) electrons. The van der Waals surface area contributed by atoms with E-state index in [0.717, 1.165) is 42.6 Å². The van der Waals surface area contributed by atoms with Gasteiger partial charge in [0.25, 0.3) is 11.5 Å². The lowest BCUT2D eigenvalue weighted by Gasteiger charge is -2.25. The lowest BCUT2D eigenvalue weighted by atomic mass is 10.1. The van der Waals surface area contributed by atoms with E-state index in [0.29, 0.717) is 31.6 Å². The summed E-state index contributed by atoms with van der Waals surface area (Å²) in [7, 11) is 0. The van der Waals surface area contributed by atoms with E-state index in [1.54, 1.807) is 6.07 Å². The molecule has 0 atom stereocenters. The van der Waals surface area contributed by atoms with Crippen molar-refractivity contribution in [2.45, 2.75) is 72.9 Å². The van der Waals surface area contributed by atoms with Crippen LogP contribution in [-0.4, -0.2) is 31.8 Å². The van der Waals surface area contributed by atoms with Crippen molar-refractivity contribution in [2.24, 2.45) is 0 Å². The van der Waals surface area contributed by atoms with Crippen molar-refractivity contribution in [3.05, 3.63) is 73.7 Å². The Balaban J connectivity index is 2.01. The summed E-state index contributed by atoms with van der Waals surface area (Å²) >= 11 is 0. The van der Waals surface area contributed by atoms with E-state index in [-0.39, 0.29) is 17.4 Å². The maximum Gasteiger partial charge on any atom is 0.330 e. The number of unbranched alkanes of at least 4 members (excludes halogenated alkanes) is 3. The van der Waals surface area contributed by atoms with Gasteiger partial charge in [-0.2, -0.15) is 5.10 Å². The molecule has 9 heteroatoms. The smallest absolute Gasteiger partial charge is 0.330 e. The van der Waals surface area contributed by atoms with Crippen LogP contribution in [0.25, 0.3) is 0 Å². The van der Waals surface area contributed by atoms with Gasteiger partial charge in [0.2, 0.25) is 0 Å². The predicted molar refractivity (Wildman–Crippen MR) is 139 cm³/mol. The SMILES string of the molecule is CCCCCN(C(=O)c1cccc(Cn2nc(C)cc2C)c1)c1c(N)n(CCCC)c(=O)[nH]c1=O. The molecule has 3 N–H and O–H groups in total. The van der Waals surface area contributed by atoms with Crippen molar-refractivity contribution in [1.82, 2.24) is 19.3 Å². The number of carbonyl (C=O) groups is 1. The highest BCUT2D eigenvalue weighted by atomic mass is 16.2.